The van der Waals surface area contributed by atoms with Crippen LogP contribution in [0.2, 0.25) is 0 Å². The van der Waals surface area contributed by atoms with Crippen molar-refractivity contribution in [3.05, 3.63) is 0 Å². The van der Waals surface area contributed by atoms with Gasteiger partial charge in [0.25, 0.3) is 0 Å². The van der Waals surface area contributed by atoms with Gasteiger partial charge < -0.3 is 19.8 Å². The van der Waals surface area contributed by atoms with Crippen molar-refractivity contribution in [2.45, 2.75) is 65.2 Å². The first-order chi connectivity index (χ1) is 8.85. The Morgan fingerprint density at radius 3 is 2.21 bits per heavy atom. The van der Waals surface area contributed by atoms with Gasteiger partial charge in [0.05, 0.1) is 0 Å². The van der Waals surface area contributed by atoms with E-state index in [-0.39, 0.29) is 18.8 Å². The smallest absolute Gasteiger partial charge is 0.0419 e. The lowest BCUT2D eigenvalue weighted by Gasteiger charge is -2.42. The molecule has 1 aliphatic carbocycles. The average Bonchev–Trinajstić information content (AvgIpc) is 2.36. The van der Waals surface area contributed by atoms with Gasteiger partial charge in [-0.3, -0.25) is 0 Å². The Morgan fingerprint density at radius 1 is 1.16 bits per heavy atom. The van der Waals surface area contributed by atoms with Gasteiger partial charge in [0.1, 0.15) is 0 Å². The summed E-state index contributed by atoms with van der Waals surface area (Å²) in [7, 11) is 0. The van der Waals surface area contributed by atoms with E-state index in [1.165, 1.54) is 19.3 Å². The minimum absolute atomic E-state index is 0.0715. The number of carboxylic acids is 2. The number of rotatable bonds is 7. The highest BCUT2D eigenvalue weighted by Crippen LogP contribution is 2.44. The summed E-state index contributed by atoms with van der Waals surface area (Å²) in [5, 5.41) is 21.6. The number of aliphatic carboxylic acids is 2. The summed E-state index contributed by atoms with van der Waals surface area (Å²) in [6, 6.07) is 0. The third-order valence-corrected chi connectivity index (χ3v) is 4.90. The Morgan fingerprint density at radius 2 is 1.74 bits per heavy atom. The number of carbonyl (C=O) groups is 2. The average molecular weight is 268 g/mol. The van der Waals surface area contributed by atoms with Crippen LogP contribution in [0.25, 0.3) is 0 Å². The summed E-state index contributed by atoms with van der Waals surface area (Å²) in [5.74, 6) is -1.51. The molecule has 0 N–H and O–H groups in total. The Labute approximate surface area is 115 Å². The highest BCUT2D eigenvalue weighted by molar-refractivity contribution is 5.66. The first-order valence-corrected chi connectivity index (χ1v) is 7.25. The Balaban J connectivity index is 2.74. The number of carbonyl (C=O) groups excluding carboxylic acids is 2. The van der Waals surface area contributed by atoms with Gasteiger partial charge in [-0.25, -0.2) is 0 Å². The molecule has 0 bridgehead atoms. The molecule has 0 amide bonds. The van der Waals surface area contributed by atoms with E-state index in [4.69, 9.17) is 0 Å². The van der Waals surface area contributed by atoms with E-state index in [1.54, 1.807) is 0 Å². The van der Waals surface area contributed by atoms with Crippen molar-refractivity contribution in [2.24, 2.45) is 17.3 Å². The molecule has 1 aliphatic rings. The number of hydrogen-bond acceptors (Lipinski definition) is 4. The molecule has 0 aromatic rings. The van der Waals surface area contributed by atoms with Gasteiger partial charge in [0, 0.05) is 11.9 Å². The van der Waals surface area contributed by atoms with Crippen LogP contribution in [0.4, 0.5) is 0 Å². The van der Waals surface area contributed by atoms with Gasteiger partial charge in [0.2, 0.25) is 0 Å². The predicted molar refractivity (Wildman–Crippen MR) is 67.7 cm³/mol. The van der Waals surface area contributed by atoms with Crippen LogP contribution in [0.15, 0.2) is 0 Å². The van der Waals surface area contributed by atoms with Crippen molar-refractivity contribution < 1.29 is 19.8 Å². The maximum absolute atomic E-state index is 11.0. The molecule has 110 valence electrons. The molecule has 1 saturated carbocycles. The molecule has 1 fully saturated rings. The molecule has 2 atom stereocenters. The topological polar surface area (TPSA) is 80.3 Å². The van der Waals surface area contributed by atoms with E-state index in [9.17, 15) is 19.8 Å². The quantitative estimate of drug-likeness (QED) is 0.686. The molecular weight excluding hydrogens is 244 g/mol. The van der Waals surface area contributed by atoms with Crippen LogP contribution in [-0.2, 0) is 9.59 Å². The first-order valence-electron chi connectivity index (χ1n) is 7.25. The van der Waals surface area contributed by atoms with Crippen molar-refractivity contribution in [1.29, 1.82) is 0 Å². The van der Waals surface area contributed by atoms with E-state index >= 15 is 0 Å². The van der Waals surface area contributed by atoms with Crippen molar-refractivity contribution in [1.82, 2.24) is 0 Å². The molecule has 4 heteroatoms. The molecule has 0 radical (unpaired) electrons. The molecular formula is C15H24O4-2. The van der Waals surface area contributed by atoms with E-state index in [1.807, 2.05) is 6.92 Å². The van der Waals surface area contributed by atoms with Crippen molar-refractivity contribution >= 4 is 11.9 Å². The highest BCUT2D eigenvalue weighted by Gasteiger charge is 2.36. The zero-order valence-corrected chi connectivity index (χ0v) is 11.9. The largest absolute Gasteiger partial charge is 0.550 e. The number of carboxylic acid groups (broad SMARTS) is 2. The standard InChI is InChI=1S/C15H26O4/c1-11(12-6-4-3-5-7-12)15(2,10-14(18)19)9-8-13(16)17/h11-12H,3-10H2,1-2H3,(H,16,17)(H,18,19)/p-2/t11-,15-/m0/s1. The van der Waals surface area contributed by atoms with E-state index in [0.717, 1.165) is 12.8 Å². The zero-order chi connectivity index (χ0) is 14.5. The predicted octanol–water partition coefficient (Wildman–Crippen LogP) is 0.879. The van der Waals surface area contributed by atoms with Crippen LogP contribution in [0.3, 0.4) is 0 Å². The van der Waals surface area contributed by atoms with Crippen molar-refractivity contribution in [3.8, 4) is 0 Å². The molecule has 1 rings (SSSR count). The van der Waals surface area contributed by atoms with Crippen molar-refractivity contribution in [3.63, 3.8) is 0 Å². The summed E-state index contributed by atoms with van der Waals surface area (Å²) >= 11 is 0. The second kappa shape index (κ2) is 6.92. The van der Waals surface area contributed by atoms with Crippen LogP contribution in [0.5, 0.6) is 0 Å². The van der Waals surface area contributed by atoms with Crippen LogP contribution >= 0.6 is 0 Å². The van der Waals surface area contributed by atoms with Crippen LogP contribution in [-0.4, -0.2) is 11.9 Å². The van der Waals surface area contributed by atoms with Crippen LogP contribution < -0.4 is 10.2 Å². The normalized spacial score (nSPS) is 21.6. The third kappa shape index (κ3) is 4.84. The lowest BCUT2D eigenvalue weighted by Crippen LogP contribution is -2.39. The minimum atomic E-state index is -1.11. The minimum Gasteiger partial charge on any atom is -0.550 e. The summed E-state index contributed by atoms with van der Waals surface area (Å²) in [6.07, 6.45) is 6.07. The molecule has 19 heavy (non-hydrogen) atoms. The number of hydrogen-bond donors (Lipinski definition) is 0. The highest BCUT2D eigenvalue weighted by atomic mass is 16.4. The maximum atomic E-state index is 11.0. The van der Waals surface area contributed by atoms with Gasteiger partial charge in [0.15, 0.2) is 0 Å². The van der Waals surface area contributed by atoms with E-state index in [2.05, 4.69) is 6.92 Å². The van der Waals surface area contributed by atoms with Gasteiger partial charge in [-0.2, -0.15) is 0 Å². The van der Waals surface area contributed by atoms with Gasteiger partial charge in [-0.1, -0.05) is 46.0 Å². The molecule has 0 saturated heterocycles. The van der Waals surface area contributed by atoms with E-state index in [0.29, 0.717) is 12.3 Å². The second-order valence-electron chi connectivity index (χ2n) is 6.26. The van der Waals surface area contributed by atoms with Crippen LogP contribution in [0.1, 0.15) is 65.2 Å². The Bertz CT molecular complexity index is 320. The molecule has 0 aromatic heterocycles. The van der Waals surface area contributed by atoms with Crippen LogP contribution in [0, 0.1) is 17.3 Å². The monoisotopic (exact) mass is 268 g/mol. The fourth-order valence-electron chi connectivity index (χ4n) is 3.40. The summed E-state index contributed by atoms with van der Waals surface area (Å²) in [6.45, 7) is 3.94. The zero-order valence-electron chi connectivity index (χ0n) is 11.9. The molecule has 0 aromatic carbocycles. The third-order valence-electron chi connectivity index (χ3n) is 4.90. The SMILES string of the molecule is C[C@@H](C1CCCCC1)[C@@](C)(CCC(=O)[O-])CC(=O)[O-]. The van der Waals surface area contributed by atoms with E-state index < -0.39 is 17.4 Å². The molecule has 0 unspecified atom stereocenters. The van der Waals surface area contributed by atoms with Gasteiger partial charge in [-0.05, 0) is 36.5 Å². The van der Waals surface area contributed by atoms with Gasteiger partial charge >= 0.3 is 0 Å². The summed E-state index contributed by atoms with van der Waals surface area (Å²) in [5.41, 5.74) is -0.513. The Hall–Kier alpha value is -1.06. The second-order valence-corrected chi connectivity index (χ2v) is 6.26. The first kappa shape index (κ1) is 16.0. The fourth-order valence-corrected chi connectivity index (χ4v) is 3.40. The van der Waals surface area contributed by atoms with Crippen molar-refractivity contribution in [2.75, 3.05) is 0 Å². The van der Waals surface area contributed by atoms with Gasteiger partial charge in [-0.15, -0.1) is 0 Å². The maximum Gasteiger partial charge on any atom is 0.0419 e. The fraction of sp³-hybridized carbons (Fsp3) is 0.867. The lowest BCUT2D eigenvalue weighted by atomic mass is 9.64. The Kier molecular flexibility index (Phi) is 5.83. The summed E-state index contributed by atoms with van der Waals surface area (Å²) < 4.78 is 0. The molecule has 0 heterocycles. The molecule has 0 aliphatic heterocycles. The summed E-state index contributed by atoms with van der Waals surface area (Å²) in [4.78, 5) is 21.6. The molecule has 4 nitrogen and oxygen atoms in total. The lowest BCUT2D eigenvalue weighted by molar-refractivity contribution is -0.311. The molecule has 0 spiro atoms.